The number of carbonyl (C=O) groups excluding carboxylic acids is 2. The van der Waals surface area contributed by atoms with E-state index in [0.717, 1.165) is 0 Å². The van der Waals surface area contributed by atoms with Crippen molar-refractivity contribution in [2.45, 2.75) is 25.6 Å². The molecule has 2 rings (SSSR count). The lowest BCUT2D eigenvalue weighted by molar-refractivity contribution is -0.148. The quantitative estimate of drug-likeness (QED) is 0.632. The molecular formula is C13H14O6. The predicted molar refractivity (Wildman–Crippen MR) is 64.0 cm³/mol. The third kappa shape index (κ3) is 2.26. The van der Waals surface area contributed by atoms with Gasteiger partial charge in [-0.1, -0.05) is 0 Å². The average molecular weight is 266 g/mol. The number of benzene rings is 1. The van der Waals surface area contributed by atoms with E-state index in [-0.39, 0.29) is 34.8 Å². The molecule has 0 aromatic heterocycles. The van der Waals surface area contributed by atoms with Gasteiger partial charge in [-0.3, -0.25) is 4.79 Å². The van der Waals surface area contributed by atoms with Crippen LogP contribution in [-0.4, -0.2) is 35.2 Å². The van der Waals surface area contributed by atoms with Crippen LogP contribution in [-0.2, 0) is 14.3 Å². The molecule has 1 aliphatic rings. The molecule has 0 bridgehead atoms. The smallest absolute Gasteiger partial charge is 0.336 e. The van der Waals surface area contributed by atoms with Crippen molar-refractivity contribution in [3.05, 3.63) is 23.3 Å². The number of esters is 1. The Hall–Kier alpha value is -2.08. The number of hydrogen-bond donors (Lipinski definition) is 2. The predicted octanol–water partition coefficient (Wildman–Crippen LogP) is 1.30. The van der Waals surface area contributed by atoms with Crippen molar-refractivity contribution in [3.8, 4) is 11.5 Å². The topological polar surface area (TPSA) is 93.1 Å². The van der Waals surface area contributed by atoms with E-state index in [1.54, 1.807) is 0 Å². The monoisotopic (exact) mass is 266 g/mol. The van der Waals surface area contributed by atoms with Gasteiger partial charge in [-0.05, 0) is 19.1 Å². The molecule has 0 unspecified atom stereocenters. The second kappa shape index (κ2) is 4.89. The molecule has 1 aromatic rings. The van der Waals surface area contributed by atoms with Crippen molar-refractivity contribution in [3.63, 3.8) is 0 Å². The SMILES string of the molecule is CO[C@@H]1C[C@@H](c2c(O)ccc(C(C)=O)c2O)OC1=O. The van der Waals surface area contributed by atoms with E-state index < -0.39 is 18.2 Å². The van der Waals surface area contributed by atoms with Crippen molar-refractivity contribution >= 4 is 11.8 Å². The van der Waals surface area contributed by atoms with Crippen LogP contribution in [0, 0.1) is 0 Å². The molecule has 1 saturated heterocycles. The summed E-state index contributed by atoms with van der Waals surface area (Å²) in [6, 6.07) is 2.61. The van der Waals surface area contributed by atoms with Crippen LogP contribution in [0.15, 0.2) is 12.1 Å². The maximum atomic E-state index is 11.5. The molecule has 2 N–H and O–H groups in total. The third-order valence-corrected chi connectivity index (χ3v) is 3.13. The largest absolute Gasteiger partial charge is 0.507 e. The van der Waals surface area contributed by atoms with Gasteiger partial charge in [-0.15, -0.1) is 0 Å². The Kier molecular flexibility index (Phi) is 3.44. The first-order valence-corrected chi connectivity index (χ1v) is 5.74. The van der Waals surface area contributed by atoms with Gasteiger partial charge in [0.15, 0.2) is 11.9 Å². The van der Waals surface area contributed by atoms with Gasteiger partial charge < -0.3 is 19.7 Å². The van der Waals surface area contributed by atoms with E-state index in [1.807, 2.05) is 0 Å². The van der Waals surface area contributed by atoms with Crippen molar-refractivity contribution in [1.82, 2.24) is 0 Å². The standard InChI is InChI=1S/C13H14O6/c1-6(14)7-3-4-8(15)11(12(7)16)9-5-10(18-2)13(17)19-9/h3-4,9-10,15-16H,5H2,1-2H3/t9-,10+/m0/s1. The zero-order valence-corrected chi connectivity index (χ0v) is 10.5. The van der Waals surface area contributed by atoms with E-state index in [2.05, 4.69) is 0 Å². The number of phenols is 2. The highest BCUT2D eigenvalue weighted by atomic mass is 16.6. The average Bonchev–Trinajstić information content (AvgIpc) is 2.70. The van der Waals surface area contributed by atoms with Crippen molar-refractivity contribution < 1.29 is 29.3 Å². The van der Waals surface area contributed by atoms with Gasteiger partial charge in [0.1, 0.15) is 17.6 Å². The van der Waals surface area contributed by atoms with Crippen LogP contribution in [0.3, 0.4) is 0 Å². The van der Waals surface area contributed by atoms with E-state index >= 15 is 0 Å². The number of carbonyl (C=O) groups is 2. The summed E-state index contributed by atoms with van der Waals surface area (Å²) in [7, 11) is 1.38. The zero-order chi connectivity index (χ0) is 14.2. The van der Waals surface area contributed by atoms with Gasteiger partial charge in [0.25, 0.3) is 0 Å². The first-order chi connectivity index (χ1) is 8.95. The fourth-order valence-corrected chi connectivity index (χ4v) is 2.12. The summed E-state index contributed by atoms with van der Waals surface area (Å²) >= 11 is 0. The van der Waals surface area contributed by atoms with Gasteiger partial charge in [0, 0.05) is 13.5 Å². The van der Waals surface area contributed by atoms with Gasteiger partial charge in [-0.25, -0.2) is 4.79 Å². The number of aromatic hydroxyl groups is 2. The van der Waals surface area contributed by atoms with Crippen LogP contribution < -0.4 is 0 Å². The minimum Gasteiger partial charge on any atom is -0.507 e. The first-order valence-electron chi connectivity index (χ1n) is 5.74. The van der Waals surface area contributed by atoms with Crippen molar-refractivity contribution in [2.24, 2.45) is 0 Å². The summed E-state index contributed by atoms with van der Waals surface area (Å²) in [5.41, 5.74) is 0.116. The molecule has 1 heterocycles. The number of rotatable bonds is 3. The molecule has 1 aromatic carbocycles. The highest BCUT2D eigenvalue weighted by Gasteiger charge is 2.38. The highest BCUT2D eigenvalue weighted by molar-refractivity contribution is 5.97. The highest BCUT2D eigenvalue weighted by Crippen LogP contribution is 2.42. The molecule has 1 fully saturated rings. The molecule has 0 saturated carbocycles. The van der Waals surface area contributed by atoms with Gasteiger partial charge in [0.05, 0.1) is 11.1 Å². The molecule has 102 valence electrons. The van der Waals surface area contributed by atoms with Crippen LogP contribution >= 0.6 is 0 Å². The van der Waals surface area contributed by atoms with Gasteiger partial charge in [0.2, 0.25) is 0 Å². The van der Waals surface area contributed by atoms with Crippen LogP contribution in [0.25, 0.3) is 0 Å². The number of phenolic OH excluding ortho intramolecular Hbond substituents is 2. The number of methoxy groups -OCH3 is 1. The lowest BCUT2D eigenvalue weighted by atomic mass is 9.98. The lowest BCUT2D eigenvalue weighted by Gasteiger charge is -2.14. The zero-order valence-electron chi connectivity index (χ0n) is 10.5. The van der Waals surface area contributed by atoms with Crippen LogP contribution in [0.2, 0.25) is 0 Å². The maximum absolute atomic E-state index is 11.5. The van der Waals surface area contributed by atoms with Crippen molar-refractivity contribution in [2.75, 3.05) is 7.11 Å². The second-order valence-corrected chi connectivity index (χ2v) is 4.34. The Morgan fingerprint density at radius 1 is 1.42 bits per heavy atom. The molecule has 0 aliphatic carbocycles. The molecule has 0 radical (unpaired) electrons. The maximum Gasteiger partial charge on any atom is 0.336 e. The summed E-state index contributed by atoms with van der Waals surface area (Å²) in [6.07, 6.45) is -1.38. The molecular weight excluding hydrogens is 252 g/mol. The fourth-order valence-electron chi connectivity index (χ4n) is 2.12. The number of Topliss-reactive ketones (excluding diaryl/α,β-unsaturated/α-hetero) is 1. The second-order valence-electron chi connectivity index (χ2n) is 4.34. The minimum absolute atomic E-state index is 0.0422. The summed E-state index contributed by atoms with van der Waals surface area (Å²) in [6.45, 7) is 1.30. The van der Waals surface area contributed by atoms with E-state index in [0.29, 0.717) is 0 Å². The normalized spacial score (nSPS) is 22.3. The number of ketones is 1. The summed E-state index contributed by atoms with van der Waals surface area (Å²) in [5, 5.41) is 19.8. The summed E-state index contributed by atoms with van der Waals surface area (Å²) in [4.78, 5) is 22.8. The fraction of sp³-hybridized carbons (Fsp3) is 0.385. The van der Waals surface area contributed by atoms with Crippen LogP contribution in [0.4, 0.5) is 0 Å². The summed E-state index contributed by atoms with van der Waals surface area (Å²) in [5.74, 6) is -1.48. The number of hydrogen-bond acceptors (Lipinski definition) is 6. The molecule has 2 atom stereocenters. The molecule has 19 heavy (non-hydrogen) atoms. The lowest BCUT2D eigenvalue weighted by Crippen LogP contribution is -2.15. The number of cyclic esters (lactones) is 1. The Labute approximate surface area is 109 Å². The Morgan fingerprint density at radius 2 is 2.11 bits per heavy atom. The van der Waals surface area contributed by atoms with Gasteiger partial charge in [-0.2, -0.15) is 0 Å². The molecule has 6 heteroatoms. The van der Waals surface area contributed by atoms with Crippen LogP contribution in [0.5, 0.6) is 11.5 Å². The van der Waals surface area contributed by atoms with Crippen molar-refractivity contribution in [1.29, 1.82) is 0 Å². The minimum atomic E-state index is -0.822. The van der Waals surface area contributed by atoms with E-state index in [4.69, 9.17) is 9.47 Å². The number of ether oxygens (including phenoxy) is 2. The first kappa shape index (κ1) is 13.4. The summed E-state index contributed by atoms with van der Waals surface area (Å²) < 4.78 is 9.98. The van der Waals surface area contributed by atoms with Gasteiger partial charge >= 0.3 is 5.97 Å². The van der Waals surface area contributed by atoms with Crippen LogP contribution in [0.1, 0.15) is 35.4 Å². The molecule has 0 amide bonds. The van der Waals surface area contributed by atoms with E-state index in [9.17, 15) is 19.8 Å². The Bertz CT molecular complexity index is 536. The third-order valence-electron chi connectivity index (χ3n) is 3.13. The van der Waals surface area contributed by atoms with E-state index in [1.165, 1.54) is 26.2 Å². The Balaban J connectivity index is 2.43. The molecule has 6 nitrogen and oxygen atoms in total. The molecule has 1 aliphatic heterocycles. The Morgan fingerprint density at radius 3 is 2.63 bits per heavy atom. The molecule has 0 spiro atoms.